The third-order valence-electron chi connectivity index (χ3n) is 9.48. The molecule has 0 fully saturated rings. The number of furan rings is 1. The summed E-state index contributed by atoms with van der Waals surface area (Å²) in [5, 5.41) is 4.49. The molecule has 0 bridgehead atoms. The highest BCUT2D eigenvalue weighted by Gasteiger charge is 2.21. The van der Waals surface area contributed by atoms with Crippen LogP contribution in [0.1, 0.15) is 0 Å². The molecule has 0 saturated heterocycles. The minimum atomic E-state index is 0.559. The summed E-state index contributed by atoms with van der Waals surface area (Å²) in [6, 6.07) is 58.5. The Bertz CT molecular complexity index is 2800. The molecule has 0 atom stereocenters. The maximum atomic E-state index is 6.74. The fraction of sp³-hybridized carbons (Fsp3) is 0. The highest BCUT2D eigenvalue weighted by molar-refractivity contribution is 6.16. The standard InChI is InChI=1S/C45H28N4O/c1-3-13-29(14-4-1)30-25-27-32(28-26-30)44-46-43(31-15-5-2-6-16-31)47-45(48-44)36-20-11-19-35-41-39(23-12-24-40(41)50-42(35)36)49-37-21-9-7-17-33(37)34-18-8-10-22-38(34)49/h1-28H. The van der Waals surface area contributed by atoms with Crippen molar-refractivity contribution in [3.8, 4) is 51.0 Å². The van der Waals surface area contributed by atoms with Crippen LogP contribution in [0.5, 0.6) is 0 Å². The van der Waals surface area contributed by atoms with Crippen molar-refractivity contribution in [2.45, 2.75) is 0 Å². The predicted molar refractivity (Wildman–Crippen MR) is 203 cm³/mol. The number of fused-ring (bicyclic) bond motifs is 6. The van der Waals surface area contributed by atoms with Crippen LogP contribution in [0.2, 0.25) is 0 Å². The monoisotopic (exact) mass is 640 g/mol. The molecule has 50 heavy (non-hydrogen) atoms. The van der Waals surface area contributed by atoms with Crippen molar-refractivity contribution in [1.82, 2.24) is 19.5 Å². The minimum Gasteiger partial charge on any atom is -0.455 e. The van der Waals surface area contributed by atoms with Gasteiger partial charge in [0.25, 0.3) is 0 Å². The molecule has 5 nitrogen and oxygen atoms in total. The van der Waals surface area contributed by atoms with E-state index in [2.05, 4.69) is 126 Å². The first kappa shape index (κ1) is 28.2. The zero-order valence-electron chi connectivity index (χ0n) is 26.9. The molecule has 0 unspecified atom stereocenters. The van der Waals surface area contributed by atoms with E-state index in [-0.39, 0.29) is 0 Å². The second-order valence-corrected chi connectivity index (χ2v) is 12.4. The van der Waals surface area contributed by atoms with Crippen molar-refractivity contribution in [3.05, 3.63) is 170 Å². The van der Waals surface area contributed by atoms with Gasteiger partial charge in [0.05, 0.1) is 27.7 Å². The van der Waals surface area contributed by atoms with Gasteiger partial charge in [0, 0.05) is 27.3 Å². The molecular weight excluding hydrogens is 613 g/mol. The summed E-state index contributed by atoms with van der Waals surface area (Å²) < 4.78 is 9.09. The van der Waals surface area contributed by atoms with Crippen LogP contribution in [0.25, 0.3) is 94.7 Å². The van der Waals surface area contributed by atoms with Crippen molar-refractivity contribution < 1.29 is 4.42 Å². The van der Waals surface area contributed by atoms with Crippen LogP contribution >= 0.6 is 0 Å². The Morgan fingerprint density at radius 3 is 1.56 bits per heavy atom. The first-order valence-corrected chi connectivity index (χ1v) is 16.7. The van der Waals surface area contributed by atoms with E-state index in [1.807, 2.05) is 48.5 Å². The number of para-hydroxylation sites is 3. The maximum absolute atomic E-state index is 6.74. The Hall–Kier alpha value is -6.85. The quantitative estimate of drug-likeness (QED) is 0.188. The summed E-state index contributed by atoms with van der Waals surface area (Å²) >= 11 is 0. The molecule has 0 N–H and O–H groups in total. The van der Waals surface area contributed by atoms with Gasteiger partial charge in [-0.2, -0.15) is 0 Å². The van der Waals surface area contributed by atoms with Crippen LogP contribution in [0.3, 0.4) is 0 Å². The van der Waals surface area contributed by atoms with Crippen LogP contribution in [0, 0.1) is 0 Å². The van der Waals surface area contributed by atoms with E-state index in [4.69, 9.17) is 19.4 Å². The molecule has 7 aromatic carbocycles. The van der Waals surface area contributed by atoms with Crippen LogP contribution < -0.4 is 0 Å². The van der Waals surface area contributed by atoms with Crippen LogP contribution in [-0.2, 0) is 0 Å². The molecule has 0 aliphatic rings. The molecule has 0 aliphatic heterocycles. The molecule has 3 heterocycles. The predicted octanol–water partition coefficient (Wildman–Crippen LogP) is 11.5. The van der Waals surface area contributed by atoms with E-state index in [0.717, 1.165) is 66.5 Å². The summed E-state index contributed by atoms with van der Waals surface area (Å²) in [5.41, 5.74) is 9.87. The highest BCUT2D eigenvalue weighted by atomic mass is 16.3. The van der Waals surface area contributed by atoms with Gasteiger partial charge in [-0.1, -0.05) is 140 Å². The Kier molecular flexibility index (Phi) is 6.42. The Labute approximate surface area is 287 Å². The largest absolute Gasteiger partial charge is 0.455 e. The van der Waals surface area contributed by atoms with Gasteiger partial charge in [-0.25, -0.2) is 15.0 Å². The molecule has 10 rings (SSSR count). The topological polar surface area (TPSA) is 56.7 Å². The number of benzene rings is 7. The van der Waals surface area contributed by atoms with E-state index in [0.29, 0.717) is 17.5 Å². The fourth-order valence-electron chi connectivity index (χ4n) is 7.16. The molecule has 0 amide bonds. The van der Waals surface area contributed by atoms with Gasteiger partial charge in [-0.3, -0.25) is 0 Å². The van der Waals surface area contributed by atoms with Crippen molar-refractivity contribution in [2.24, 2.45) is 0 Å². The second-order valence-electron chi connectivity index (χ2n) is 12.4. The minimum absolute atomic E-state index is 0.559. The number of hydrogen-bond acceptors (Lipinski definition) is 4. The summed E-state index contributed by atoms with van der Waals surface area (Å²) in [7, 11) is 0. The molecular formula is C45H28N4O. The second kappa shape index (κ2) is 11.4. The lowest BCUT2D eigenvalue weighted by molar-refractivity contribution is 0.669. The average Bonchev–Trinajstić information content (AvgIpc) is 3.75. The van der Waals surface area contributed by atoms with Gasteiger partial charge < -0.3 is 8.98 Å². The van der Waals surface area contributed by atoms with Crippen molar-refractivity contribution in [1.29, 1.82) is 0 Å². The third kappa shape index (κ3) is 4.52. The molecule has 5 heteroatoms. The van der Waals surface area contributed by atoms with E-state index in [1.54, 1.807) is 0 Å². The summed E-state index contributed by atoms with van der Waals surface area (Å²) in [6.45, 7) is 0. The fourth-order valence-corrected chi connectivity index (χ4v) is 7.16. The lowest BCUT2D eigenvalue weighted by Gasteiger charge is -2.10. The van der Waals surface area contributed by atoms with Gasteiger partial charge in [0.2, 0.25) is 0 Å². The molecule has 3 aromatic heterocycles. The van der Waals surface area contributed by atoms with E-state index < -0.39 is 0 Å². The number of aromatic nitrogens is 4. The van der Waals surface area contributed by atoms with Crippen molar-refractivity contribution in [2.75, 3.05) is 0 Å². The number of nitrogens with zero attached hydrogens (tertiary/aromatic N) is 4. The SMILES string of the molecule is c1ccc(-c2ccc(-c3nc(-c4ccccc4)nc(-c4cccc5c4oc4cccc(-n6c7ccccc7c7ccccc76)c45)n3)cc2)cc1. The smallest absolute Gasteiger partial charge is 0.167 e. The third-order valence-corrected chi connectivity index (χ3v) is 9.48. The number of rotatable bonds is 5. The van der Waals surface area contributed by atoms with Crippen molar-refractivity contribution >= 4 is 43.7 Å². The summed E-state index contributed by atoms with van der Waals surface area (Å²) in [5.74, 6) is 1.77. The summed E-state index contributed by atoms with van der Waals surface area (Å²) in [6.07, 6.45) is 0. The summed E-state index contributed by atoms with van der Waals surface area (Å²) in [4.78, 5) is 15.1. The zero-order valence-corrected chi connectivity index (χ0v) is 26.9. The lowest BCUT2D eigenvalue weighted by Crippen LogP contribution is -2.00. The van der Waals surface area contributed by atoms with Crippen molar-refractivity contribution in [3.63, 3.8) is 0 Å². The lowest BCUT2D eigenvalue weighted by atomic mass is 10.0. The van der Waals surface area contributed by atoms with E-state index in [1.165, 1.54) is 10.8 Å². The highest BCUT2D eigenvalue weighted by Crippen LogP contribution is 2.41. The van der Waals surface area contributed by atoms with Gasteiger partial charge in [-0.05, 0) is 41.5 Å². The first-order chi connectivity index (χ1) is 24.8. The van der Waals surface area contributed by atoms with E-state index in [9.17, 15) is 0 Å². The Morgan fingerprint density at radius 2 is 0.880 bits per heavy atom. The average molecular weight is 641 g/mol. The number of hydrogen-bond donors (Lipinski definition) is 0. The molecule has 0 spiro atoms. The molecule has 0 aliphatic carbocycles. The van der Waals surface area contributed by atoms with E-state index >= 15 is 0 Å². The molecule has 10 aromatic rings. The van der Waals surface area contributed by atoms with Gasteiger partial charge in [0.1, 0.15) is 11.2 Å². The Balaban J connectivity index is 1.18. The normalized spacial score (nSPS) is 11.6. The first-order valence-electron chi connectivity index (χ1n) is 16.7. The van der Waals surface area contributed by atoms with Crippen LogP contribution in [-0.4, -0.2) is 19.5 Å². The molecule has 0 radical (unpaired) electrons. The Morgan fingerprint density at radius 1 is 0.380 bits per heavy atom. The van der Waals surface area contributed by atoms with Gasteiger partial charge in [-0.15, -0.1) is 0 Å². The zero-order chi connectivity index (χ0) is 33.0. The maximum Gasteiger partial charge on any atom is 0.167 e. The van der Waals surface area contributed by atoms with Crippen LogP contribution in [0.4, 0.5) is 0 Å². The van der Waals surface area contributed by atoms with Gasteiger partial charge in [0.15, 0.2) is 17.5 Å². The molecule has 234 valence electrons. The van der Waals surface area contributed by atoms with Gasteiger partial charge >= 0.3 is 0 Å². The molecule has 0 saturated carbocycles. The van der Waals surface area contributed by atoms with Crippen LogP contribution in [0.15, 0.2) is 174 Å².